The molecular weight excluding hydrogens is 640 g/mol. The van der Waals surface area contributed by atoms with Gasteiger partial charge in [-0.3, -0.25) is 14.4 Å². The third-order valence-corrected chi connectivity index (χ3v) is 10.6. The Morgan fingerprint density at radius 2 is 0.917 bits per heavy atom. The highest BCUT2D eigenvalue weighted by molar-refractivity contribution is 6.13. The van der Waals surface area contributed by atoms with E-state index in [1.54, 1.807) is 0 Å². The Hall–Kier alpha value is -5.28. The molecule has 0 bridgehead atoms. The molecule has 0 aromatic rings. The number of hydrogen-bond acceptors (Lipinski definition) is 16. The molecule has 256 valence electrons. The van der Waals surface area contributed by atoms with E-state index in [0.717, 1.165) is 63.0 Å². The van der Waals surface area contributed by atoms with Crippen LogP contribution in [0, 0.1) is 45.8 Å². The lowest BCUT2D eigenvalue weighted by atomic mass is 9.13. The lowest BCUT2D eigenvalue weighted by Gasteiger charge is -2.84. The van der Waals surface area contributed by atoms with E-state index in [-0.39, 0.29) is 22.3 Å². The number of fused-ring (bicyclic) bond motifs is 9. The normalized spacial score (nSPS) is 33.2. The SMILES string of the molecule is COC(=O)C1=C[C@H]2C=C(C(=O)OC)[C@@H]3[C@H]([C@@]2(C(=O)OC)C=C1C(=O)OC)[C@@]1(C(=O)OC)[C@@H]2C(C(=O)OC)=C(C(=O)OC)[C@@H]2[C@@]31C(=O)OC. The van der Waals surface area contributed by atoms with Gasteiger partial charge in [-0.15, -0.1) is 0 Å². The number of allylic oxidation sites excluding steroid dienone is 2. The van der Waals surface area contributed by atoms with Crippen molar-refractivity contribution in [3.8, 4) is 0 Å². The van der Waals surface area contributed by atoms with E-state index in [1.165, 1.54) is 12.2 Å². The molecule has 0 aromatic carbocycles. The highest BCUT2D eigenvalue weighted by Gasteiger charge is 3.00. The minimum absolute atomic E-state index is 0.221. The van der Waals surface area contributed by atoms with Crippen LogP contribution in [-0.4, -0.2) is 105 Å². The van der Waals surface area contributed by atoms with Gasteiger partial charge in [0.2, 0.25) is 0 Å². The molecule has 0 aliphatic heterocycles. The zero-order valence-corrected chi connectivity index (χ0v) is 27.2. The third kappa shape index (κ3) is 3.54. The molecule has 0 unspecified atom stereocenters. The summed E-state index contributed by atoms with van der Waals surface area (Å²) in [6.45, 7) is 0. The minimum Gasteiger partial charge on any atom is -0.469 e. The number of carbonyl (C=O) groups is 8. The van der Waals surface area contributed by atoms with Crippen molar-refractivity contribution >= 4 is 47.8 Å². The number of carbonyl (C=O) groups excluding carboxylic acids is 8. The summed E-state index contributed by atoms with van der Waals surface area (Å²) in [5.41, 5.74) is -8.17. The largest absolute Gasteiger partial charge is 0.469 e. The smallest absolute Gasteiger partial charge is 0.338 e. The van der Waals surface area contributed by atoms with Crippen molar-refractivity contribution in [1.29, 1.82) is 0 Å². The van der Waals surface area contributed by atoms with E-state index in [0.29, 0.717) is 0 Å². The zero-order valence-electron chi connectivity index (χ0n) is 27.2. The monoisotopic (exact) mass is 672 g/mol. The maximum Gasteiger partial charge on any atom is 0.338 e. The predicted molar refractivity (Wildman–Crippen MR) is 152 cm³/mol. The molecule has 0 saturated heterocycles. The molecule has 16 heteroatoms. The summed E-state index contributed by atoms with van der Waals surface area (Å²) in [5.74, 6) is -15.3. The molecule has 0 heterocycles. The van der Waals surface area contributed by atoms with Gasteiger partial charge in [0.05, 0.1) is 84.6 Å². The Balaban J connectivity index is 1.98. The number of esters is 8. The van der Waals surface area contributed by atoms with Gasteiger partial charge in [-0.05, 0) is 0 Å². The fraction of sp³-hybridized carbons (Fsp3) is 0.500. The van der Waals surface area contributed by atoms with Crippen molar-refractivity contribution in [2.45, 2.75) is 0 Å². The lowest BCUT2D eigenvalue weighted by molar-refractivity contribution is -0.349. The van der Waals surface area contributed by atoms with Crippen LogP contribution in [0.15, 0.2) is 46.1 Å². The Kier molecular flexibility index (Phi) is 8.13. The second-order valence-electron chi connectivity index (χ2n) is 11.6. The second kappa shape index (κ2) is 11.5. The summed E-state index contributed by atoms with van der Waals surface area (Å²) in [5, 5.41) is 0. The van der Waals surface area contributed by atoms with Crippen molar-refractivity contribution < 1.29 is 76.3 Å². The summed E-state index contributed by atoms with van der Waals surface area (Å²) in [6, 6.07) is 0. The van der Waals surface area contributed by atoms with Gasteiger partial charge in [0.15, 0.2) is 0 Å². The van der Waals surface area contributed by atoms with Crippen molar-refractivity contribution in [3.05, 3.63) is 46.1 Å². The first-order valence-electron chi connectivity index (χ1n) is 14.4. The van der Waals surface area contributed by atoms with Crippen LogP contribution in [0.4, 0.5) is 0 Å². The lowest BCUT2D eigenvalue weighted by Crippen LogP contribution is -2.92. The van der Waals surface area contributed by atoms with Gasteiger partial charge in [-0.2, -0.15) is 0 Å². The van der Waals surface area contributed by atoms with Gasteiger partial charge in [-0.25, -0.2) is 24.0 Å². The van der Waals surface area contributed by atoms with Crippen molar-refractivity contribution in [1.82, 2.24) is 0 Å². The van der Waals surface area contributed by atoms with Crippen LogP contribution in [0.5, 0.6) is 0 Å². The predicted octanol–water partition coefficient (Wildman–Crippen LogP) is -0.446. The molecule has 0 aromatic heterocycles. The highest BCUT2D eigenvalue weighted by atomic mass is 16.6. The van der Waals surface area contributed by atoms with Crippen LogP contribution in [0.2, 0.25) is 0 Å². The summed E-state index contributed by atoms with van der Waals surface area (Å²) < 4.78 is 40.6. The van der Waals surface area contributed by atoms with Crippen LogP contribution >= 0.6 is 0 Å². The third-order valence-electron chi connectivity index (χ3n) is 10.6. The zero-order chi connectivity index (χ0) is 35.7. The summed E-state index contributed by atoms with van der Waals surface area (Å²) in [7, 11) is 8.29. The Morgan fingerprint density at radius 1 is 0.479 bits per heavy atom. The van der Waals surface area contributed by atoms with E-state index in [2.05, 4.69) is 0 Å². The van der Waals surface area contributed by atoms with Gasteiger partial charge in [-0.1, -0.05) is 18.2 Å². The van der Waals surface area contributed by atoms with Gasteiger partial charge < -0.3 is 37.9 Å². The van der Waals surface area contributed by atoms with Gasteiger partial charge >= 0.3 is 47.8 Å². The van der Waals surface area contributed by atoms with Crippen LogP contribution in [-0.2, 0) is 76.3 Å². The highest BCUT2D eigenvalue weighted by Crippen LogP contribution is 2.92. The minimum atomic E-state index is -2.24. The molecular formula is C32H32O16. The molecule has 16 nitrogen and oxygen atoms in total. The molecule has 8 atom stereocenters. The standard InChI is InChI=1S/C32H32O16/c1-41-22(33)13-9-12-10-14(23(34)42-2)18-21(30(12,27(38)46-6)11-15(13)24(35)43-3)32(29(40)48-8)20-17(26(37)45-5)16(25(36)44-4)19(20)31(18,32)28(39)47-7/h9-12,18-21H,1-8H3/t12-,18+,19-,20+,21+,30+,31+,32+/m0/s1. The van der Waals surface area contributed by atoms with Crippen LogP contribution in [0.1, 0.15) is 0 Å². The molecule has 0 N–H and O–H groups in total. The number of methoxy groups -OCH3 is 8. The molecule has 2 saturated carbocycles. The average Bonchev–Trinajstić information content (AvgIpc) is 3.10. The van der Waals surface area contributed by atoms with Crippen molar-refractivity contribution in [2.24, 2.45) is 45.8 Å². The van der Waals surface area contributed by atoms with Crippen molar-refractivity contribution in [3.63, 3.8) is 0 Å². The maximum atomic E-state index is 14.4. The Morgan fingerprint density at radius 3 is 1.38 bits per heavy atom. The van der Waals surface area contributed by atoms with E-state index < -0.39 is 99.2 Å². The molecule has 0 amide bonds. The first-order valence-corrected chi connectivity index (χ1v) is 14.4. The molecule has 0 spiro atoms. The fourth-order valence-electron chi connectivity index (χ4n) is 9.24. The topological polar surface area (TPSA) is 210 Å². The molecule has 0 radical (unpaired) electrons. The molecule has 5 rings (SSSR count). The maximum absolute atomic E-state index is 14.4. The Bertz CT molecular complexity index is 1710. The molecule has 5 aliphatic carbocycles. The van der Waals surface area contributed by atoms with Crippen molar-refractivity contribution in [2.75, 3.05) is 56.9 Å². The summed E-state index contributed by atoms with van der Waals surface area (Å²) >= 11 is 0. The number of hydrogen-bond donors (Lipinski definition) is 0. The second-order valence-corrected chi connectivity index (χ2v) is 11.6. The number of ether oxygens (including phenoxy) is 8. The number of rotatable bonds is 8. The van der Waals surface area contributed by atoms with Crippen LogP contribution in [0.3, 0.4) is 0 Å². The van der Waals surface area contributed by atoms with Crippen LogP contribution < -0.4 is 0 Å². The molecule has 48 heavy (non-hydrogen) atoms. The molecule has 2 fully saturated rings. The fourth-order valence-corrected chi connectivity index (χ4v) is 9.24. The van der Waals surface area contributed by atoms with Crippen LogP contribution in [0.25, 0.3) is 0 Å². The summed E-state index contributed by atoms with van der Waals surface area (Å²) in [6.07, 6.45) is 3.54. The summed E-state index contributed by atoms with van der Waals surface area (Å²) in [4.78, 5) is 109. The van der Waals surface area contributed by atoms with E-state index in [1.807, 2.05) is 0 Å². The van der Waals surface area contributed by atoms with Gasteiger partial charge in [0.25, 0.3) is 0 Å². The van der Waals surface area contributed by atoms with E-state index in [4.69, 9.17) is 37.9 Å². The molecule has 5 aliphatic rings. The van der Waals surface area contributed by atoms with Gasteiger partial charge in [0, 0.05) is 35.2 Å². The van der Waals surface area contributed by atoms with E-state index >= 15 is 0 Å². The van der Waals surface area contributed by atoms with Gasteiger partial charge in [0.1, 0.15) is 10.8 Å². The Labute approximate surface area is 272 Å². The first-order chi connectivity index (χ1) is 22.8. The quantitative estimate of drug-likeness (QED) is 0.236. The average molecular weight is 673 g/mol. The van der Waals surface area contributed by atoms with E-state index in [9.17, 15) is 38.4 Å². The first kappa shape index (κ1) is 34.1.